The summed E-state index contributed by atoms with van der Waals surface area (Å²) >= 11 is 0. The number of alkyl halides is 1. The van der Waals surface area contributed by atoms with Crippen molar-refractivity contribution in [3.63, 3.8) is 0 Å². The first-order chi connectivity index (χ1) is 8.29. The molecule has 3 heteroatoms. The number of benzene rings is 1. The van der Waals surface area contributed by atoms with Gasteiger partial charge >= 0.3 is 0 Å². The minimum Gasteiger partial charge on any atom is -0.385 e. The van der Waals surface area contributed by atoms with Gasteiger partial charge in [0.15, 0.2) is 0 Å². The minimum absolute atomic E-state index is 0.380. The molecule has 1 atom stereocenters. The number of nitrogens with one attached hydrogen (secondary N) is 2. The molecule has 1 aromatic carbocycles. The third kappa shape index (κ3) is 3.43. The van der Waals surface area contributed by atoms with Gasteiger partial charge < -0.3 is 10.6 Å². The molecule has 0 bridgehead atoms. The molecule has 1 fully saturated rings. The molecule has 0 spiro atoms. The smallest absolute Gasteiger partial charge is 0.115 e. The molecule has 0 radical (unpaired) electrons. The molecule has 0 aliphatic carbocycles. The van der Waals surface area contributed by atoms with E-state index in [1.807, 2.05) is 25.1 Å². The van der Waals surface area contributed by atoms with Crippen LogP contribution >= 0.6 is 0 Å². The Morgan fingerprint density at radius 1 is 1.47 bits per heavy atom. The summed E-state index contributed by atoms with van der Waals surface area (Å²) < 4.78 is 12.5. The quantitative estimate of drug-likeness (QED) is 0.821. The summed E-state index contributed by atoms with van der Waals surface area (Å²) in [5.41, 5.74) is 3.02. The number of hydrogen-bond acceptors (Lipinski definition) is 2. The summed E-state index contributed by atoms with van der Waals surface area (Å²) in [6, 6.07) is 5.75. The maximum Gasteiger partial charge on any atom is 0.115 e. The highest BCUT2D eigenvalue weighted by molar-refractivity contribution is 5.51. The van der Waals surface area contributed by atoms with Crippen LogP contribution < -0.4 is 10.6 Å². The standard InChI is InChI=1S/C14H21FN2/c1-11-8-13(9-15)2-3-14(11)17-7-5-12-4-6-16-10-12/h2-3,8,12,16-17H,4-7,9-10H2,1H3. The van der Waals surface area contributed by atoms with Crippen molar-refractivity contribution in [2.45, 2.75) is 26.4 Å². The zero-order valence-corrected chi connectivity index (χ0v) is 10.4. The van der Waals surface area contributed by atoms with Crippen LogP contribution in [-0.2, 0) is 6.67 Å². The van der Waals surface area contributed by atoms with Crippen molar-refractivity contribution in [3.05, 3.63) is 29.3 Å². The molecule has 0 amide bonds. The number of halogens is 1. The summed E-state index contributed by atoms with van der Waals surface area (Å²) in [6.45, 7) is 4.96. The van der Waals surface area contributed by atoms with E-state index in [4.69, 9.17) is 0 Å². The summed E-state index contributed by atoms with van der Waals surface area (Å²) in [5, 5.41) is 6.82. The second kappa shape index (κ2) is 6.01. The molecule has 1 aromatic rings. The zero-order chi connectivity index (χ0) is 12.1. The third-order valence-corrected chi connectivity index (χ3v) is 3.48. The highest BCUT2D eigenvalue weighted by atomic mass is 19.1. The van der Waals surface area contributed by atoms with E-state index >= 15 is 0 Å². The van der Waals surface area contributed by atoms with Gasteiger partial charge in [-0.15, -0.1) is 0 Å². The number of anilines is 1. The molecule has 0 saturated carbocycles. The second-order valence-corrected chi connectivity index (χ2v) is 4.86. The van der Waals surface area contributed by atoms with E-state index in [2.05, 4.69) is 10.6 Å². The van der Waals surface area contributed by atoms with Crippen molar-refractivity contribution in [2.24, 2.45) is 5.92 Å². The first-order valence-electron chi connectivity index (χ1n) is 6.39. The van der Waals surface area contributed by atoms with Crippen LogP contribution in [0.5, 0.6) is 0 Å². The van der Waals surface area contributed by atoms with Crippen molar-refractivity contribution >= 4 is 5.69 Å². The average Bonchev–Trinajstić information content (AvgIpc) is 2.84. The van der Waals surface area contributed by atoms with E-state index in [-0.39, 0.29) is 6.67 Å². The predicted octanol–water partition coefficient (Wildman–Crippen LogP) is 2.88. The van der Waals surface area contributed by atoms with Crippen LogP contribution in [0.25, 0.3) is 0 Å². The van der Waals surface area contributed by atoms with E-state index in [0.717, 1.165) is 42.4 Å². The lowest BCUT2D eigenvalue weighted by Crippen LogP contribution is -2.13. The number of rotatable bonds is 5. The van der Waals surface area contributed by atoms with Gasteiger partial charge in [0.25, 0.3) is 0 Å². The number of hydrogen-bond donors (Lipinski definition) is 2. The maximum absolute atomic E-state index is 12.5. The molecule has 0 aromatic heterocycles. The molecule has 1 heterocycles. The molecule has 2 nitrogen and oxygen atoms in total. The Kier molecular flexibility index (Phi) is 4.37. The summed E-state index contributed by atoms with van der Waals surface area (Å²) in [4.78, 5) is 0. The van der Waals surface area contributed by atoms with Crippen LogP contribution in [0.1, 0.15) is 24.0 Å². The fraction of sp³-hybridized carbons (Fsp3) is 0.571. The Labute approximate surface area is 103 Å². The van der Waals surface area contributed by atoms with E-state index in [1.165, 1.54) is 12.8 Å². The van der Waals surface area contributed by atoms with Gasteiger partial charge in [-0.3, -0.25) is 0 Å². The molecule has 2 rings (SSSR count). The van der Waals surface area contributed by atoms with Gasteiger partial charge in [0.1, 0.15) is 6.67 Å². The lowest BCUT2D eigenvalue weighted by molar-refractivity contribution is 0.485. The molecule has 1 unspecified atom stereocenters. The molecular weight excluding hydrogens is 215 g/mol. The van der Waals surface area contributed by atoms with Crippen molar-refractivity contribution in [2.75, 3.05) is 25.0 Å². The Morgan fingerprint density at radius 3 is 3.00 bits per heavy atom. The van der Waals surface area contributed by atoms with Crippen LogP contribution in [0.3, 0.4) is 0 Å². The topological polar surface area (TPSA) is 24.1 Å². The van der Waals surface area contributed by atoms with Crippen molar-refractivity contribution in [1.82, 2.24) is 5.32 Å². The summed E-state index contributed by atoms with van der Waals surface area (Å²) in [6.07, 6.45) is 2.50. The van der Waals surface area contributed by atoms with Crippen LogP contribution in [-0.4, -0.2) is 19.6 Å². The Balaban J connectivity index is 1.81. The maximum atomic E-state index is 12.5. The third-order valence-electron chi connectivity index (χ3n) is 3.48. The second-order valence-electron chi connectivity index (χ2n) is 4.86. The van der Waals surface area contributed by atoms with Gasteiger partial charge in [0, 0.05) is 12.2 Å². The lowest BCUT2D eigenvalue weighted by atomic mass is 10.0. The molecule has 94 valence electrons. The minimum atomic E-state index is -0.380. The Bertz CT molecular complexity index is 359. The van der Waals surface area contributed by atoms with Gasteiger partial charge in [0.2, 0.25) is 0 Å². The summed E-state index contributed by atoms with van der Waals surface area (Å²) in [5.74, 6) is 0.813. The predicted molar refractivity (Wildman–Crippen MR) is 70.1 cm³/mol. The van der Waals surface area contributed by atoms with Crippen LogP contribution in [0.15, 0.2) is 18.2 Å². The van der Waals surface area contributed by atoms with Gasteiger partial charge in [-0.2, -0.15) is 0 Å². The fourth-order valence-corrected chi connectivity index (χ4v) is 2.38. The first kappa shape index (κ1) is 12.4. The number of aryl methyl sites for hydroxylation is 1. The lowest BCUT2D eigenvalue weighted by Gasteiger charge is -2.12. The van der Waals surface area contributed by atoms with E-state index in [1.54, 1.807) is 0 Å². The molecular formula is C14H21FN2. The Hall–Kier alpha value is -1.09. The molecule has 2 N–H and O–H groups in total. The van der Waals surface area contributed by atoms with Crippen molar-refractivity contribution < 1.29 is 4.39 Å². The van der Waals surface area contributed by atoms with E-state index in [9.17, 15) is 4.39 Å². The van der Waals surface area contributed by atoms with Crippen LogP contribution in [0.2, 0.25) is 0 Å². The molecule has 1 saturated heterocycles. The van der Waals surface area contributed by atoms with Gasteiger partial charge in [-0.25, -0.2) is 4.39 Å². The average molecular weight is 236 g/mol. The first-order valence-corrected chi connectivity index (χ1v) is 6.39. The highest BCUT2D eigenvalue weighted by Crippen LogP contribution is 2.18. The van der Waals surface area contributed by atoms with Crippen LogP contribution in [0.4, 0.5) is 10.1 Å². The molecule has 1 aliphatic heterocycles. The molecule has 17 heavy (non-hydrogen) atoms. The highest BCUT2D eigenvalue weighted by Gasteiger charge is 2.13. The Morgan fingerprint density at radius 2 is 2.35 bits per heavy atom. The van der Waals surface area contributed by atoms with Gasteiger partial charge in [-0.1, -0.05) is 12.1 Å². The molecule has 1 aliphatic rings. The van der Waals surface area contributed by atoms with Gasteiger partial charge in [0.05, 0.1) is 0 Å². The SMILES string of the molecule is Cc1cc(CF)ccc1NCCC1CCNC1. The normalized spacial score (nSPS) is 19.5. The monoisotopic (exact) mass is 236 g/mol. The largest absolute Gasteiger partial charge is 0.385 e. The summed E-state index contributed by atoms with van der Waals surface area (Å²) in [7, 11) is 0. The van der Waals surface area contributed by atoms with E-state index < -0.39 is 0 Å². The fourth-order valence-electron chi connectivity index (χ4n) is 2.38. The van der Waals surface area contributed by atoms with E-state index in [0.29, 0.717) is 0 Å². The van der Waals surface area contributed by atoms with Crippen LogP contribution in [0, 0.1) is 12.8 Å². The zero-order valence-electron chi connectivity index (χ0n) is 10.4. The van der Waals surface area contributed by atoms with Crippen molar-refractivity contribution in [1.29, 1.82) is 0 Å². The van der Waals surface area contributed by atoms with Crippen molar-refractivity contribution in [3.8, 4) is 0 Å². The van der Waals surface area contributed by atoms with Gasteiger partial charge in [-0.05, 0) is 56.0 Å².